The Labute approximate surface area is 120 Å². The maximum atomic E-state index is 9.70. The lowest BCUT2D eigenvalue weighted by Gasteiger charge is -2.11. The smallest absolute Gasteiger partial charge is 0.150 e. The second-order valence-corrected chi connectivity index (χ2v) is 4.76. The van der Waals surface area contributed by atoms with Crippen LogP contribution in [0.15, 0.2) is 10.6 Å². The first-order valence-electron chi connectivity index (χ1n) is 7.18. The molecule has 0 aliphatic heterocycles. The second kappa shape index (κ2) is 10.8. The zero-order chi connectivity index (χ0) is 14.6. The number of aliphatic hydroxyl groups excluding tert-OH is 1. The zero-order valence-corrected chi connectivity index (χ0v) is 12.4. The maximum absolute atomic E-state index is 9.70. The predicted octanol–water partition coefficient (Wildman–Crippen LogP) is 1.27. The summed E-state index contributed by atoms with van der Waals surface area (Å²) < 4.78 is 15.7. The molecular formula is C14H26N2O4. The number of nitrogens with zero attached hydrogens (tertiary/aromatic N) is 1. The fourth-order valence-electron chi connectivity index (χ4n) is 1.61. The summed E-state index contributed by atoms with van der Waals surface area (Å²) in [6.45, 7) is 7.19. The first-order valence-corrected chi connectivity index (χ1v) is 7.18. The molecule has 1 aromatic rings. The molecule has 6 heteroatoms. The molecule has 0 aliphatic rings. The van der Waals surface area contributed by atoms with Gasteiger partial charge in [0.2, 0.25) is 0 Å². The van der Waals surface area contributed by atoms with Crippen LogP contribution in [-0.4, -0.2) is 49.3 Å². The van der Waals surface area contributed by atoms with Crippen molar-refractivity contribution in [2.75, 3.05) is 33.0 Å². The molecule has 116 valence electrons. The van der Waals surface area contributed by atoms with E-state index in [9.17, 15) is 5.11 Å². The van der Waals surface area contributed by atoms with Crippen LogP contribution in [0.25, 0.3) is 0 Å². The van der Waals surface area contributed by atoms with Crippen LogP contribution < -0.4 is 5.32 Å². The number of hydrogen-bond acceptors (Lipinski definition) is 6. The van der Waals surface area contributed by atoms with Crippen molar-refractivity contribution in [1.29, 1.82) is 0 Å². The average Bonchev–Trinajstić information content (AvgIpc) is 2.83. The van der Waals surface area contributed by atoms with Gasteiger partial charge in [-0.2, -0.15) is 0 Å². The largest absolute Gasteiger partial charge is 0.389 e. The molecule has 0 spiro atoms. The van der Waals surface area contributed by atoms with Crippen molar-refractivity contribution in [3.63, 3.8) is 0 Å². The molecule has 1 rings (SSSR count). The van der Waals surface area contributed by atoms with Crippen LogP contribution in [0.5, 0.6) is 0 Å². The Balaban J connectivity index is 1.91. The second-order valence-electron chi connectivity index (χ2n) is 4.76. The normalized spacial score (nSPS) is 12.8. The minimum atomic E-state index is -0.533. The van der Waals surface area contributed by atoms with Crippen molar-refractivity contribution in [1.82, 2.24) is 10.5 Å². The Morgan fingerprint density at radius 1 is 1.35 bits per heavy atom. The Morgan fingerprint density at radius 2 is 2.15 bits per heavy atom. The summed E-state index contributed by atoms with van der Waals surface area (Å²) in [6.07, 6.45) is 1.68. The fraction of sp³-hybridized carbons (Fsp3) is 0.786. The van der Waals surface area contributed by atoms with Gasteiger partial charge in [0.1, 0.15) is 0 Å². The molecule has 1 aromatic heterocycles. The van der Waals surface area contributed by atoms with Crippen molar-refractivity contribution in [3.8, 4) is 0 Å². The van der Waals surface area contributed by atoms with E-state index in [-0.39, 0.29) is 0 Å². The van der Waals surface area contributed by atoms with Gasteiger partial charge in [0.15, 0.2) is 5.76 Å². The van der Waals surface area contributed by atoms with E-state index >= 15 is 0 Å². The van der Waals surface area contributed by atoms with Crippen LogP contribution in [0, 0.1) is 6.92 Å². The van der Waals surface area contributed by atoms with E-state index in [1.165, 1.54) is 0 Å². The summed E-state index contributed by atoms with van der Waals surface area (Å²) in [5, 5.41) is 16.6. The van der Waals surface area contributed by atoms with Crippen LogP contribution in [0.4, 0.5) is 0 Å². The lowest BCUT2D eigenvalue weighted by Crippen LogP contribution is -2.30. The summed E-state index contributed by atoms with van der Waals surface area (Å²) >= 11 is 0. The Morgan fingerprint density at radius 3 is 2.85 bits per heavy atom. The quantitative estimate of drug-likeness (QED) is 0.563. The molecule has 6 nitrogen and oxygen atoms in total. The van der Waals surface area contributed by atoms with E-state index < -0.39 is 6.10 Å². The van der Waals surface area contributed by atoms with E-state index in [2.05, 4.69) is 17.4 Å². The summed E-state index contributed by atoms with van der Waals surface area (Å²) in [5.41, 5.74) is 0.855. The van der Waals surface area contributed by atoms with Crippen molar-refractivity contribution in [2.24, 2.45) is 0 Å². The van der Waals surface area contributed by atoms with Gasteiger partial charge in [-0.15, -0.1) is 0 Å². The molecule has 2 N–H and O–H groups in total. The number of aliphatic hydroxyl groups is 1. The van der Waals surface area contributed by atoms with Crippen LogP contribution >= 0.6 is 0 Å². The highest BCUT2D eigenvalue weighted by molar-refractivity contribution is 5.02. The van der Waals surface area contributed by atoms with Gasteiger partial charge in [-0.3, -0.25) is 0 Å². The molecular weight excluding hydrogens is 260 g/mol. The summed E-state index contributed by atoms with van der Waals surface area (Å²) in [7, 11) is 0. The van der Waals surface area contributed by atoms with Gasteiger partial charge >= 0.3 is 0 Å². The van der Waals surface area contributed by atoms with Crippen LogP contribution in [-0.2, 0) is 16.0 Å². The number of unbranched alkanes of at least 4 members (excludes halogenated alkanes) is 1. The van der Waals surface area contributed by atoms with Crippen molar-refractivity contribution < 1.29 is 19.1 Å². The van der Waals surface area contributed by atoms with Gasteiger partial charge in [0, 0.05) is 19.2 Å². The third-order valence-electron chi connectivity index (χ3n) is 2.68. The topological polar surface area (TPSA) is 76.8 Å². The van der Waals surface area contributed by atoms with Gasteiger partial charge in [-0.1, -0.05) is 18.5 Å². The number of rotatable bonds is 12. The Bertz CT molecular complexity index is 344. The molecule has 0 fully saturated rings. The molecule has 0 aliphatic carbocycles. The van der Waals surface area contributed by atoms with Crippen molar-refractivity contribution in [3.05, 3.63) is 17.5 Å². The van der Waals surface area contributed by atoms with Crippen LogP contribution in [0.1, 0.15) is 31.2 Å². The van der Waals surface area contributed by atoms with Crippen LogP contribution in [0.3, 0.4) is 0 Å². The molecule has 0 amide bonds. The lowest BCUT2D eigenvalue weighted by atomic mass is 10.3. The minimum Gasteiger partial charge on any atom is -0.389 e. The van der Waals surface area contributed by atoms with Gasteiger partial charge < -0.3 is 24.4 Å². The van der Waals surface area contributed by atoms with Gasteiger partial charge in [-0.25, -0.2) is 0 Å². The van der Waals surface area contributed by atoms with Crippen LogP contribution in [0.2, 0.25) is 0 Å². The SMILES string of the molecule is CCCCOCCOCC(O)CNCc1cc(C)no1. The molecule has 0 aromatic carbocycles. The maximum Gasteiger partial charge on any atom is 0.150 e. The summed E-state index contributed by atoms with van der Waals surface area (Å²) in [5.74, 6) is 0.764. The minimum absolute atomic E-state index is 0.305. The molecule has 20 heavy (non-hydrogen) atoms. The predicted molar refractivity (Wildman–Crippen MR) is 75.5 cm³/mol. The zero-order valence-electron chi connectivity index (χ0n) is 12.4. The van der Waals surface area contributed by atoms with E-state index in [4.69, 9.17) is 14.0 Å². The summed E-state index contributed by atoms with van der Waals surface area (Å²) in [4.78, 5) is 0. The third kappa shape index (κ3) is 8.27. The van der Waals surface area contributed by atoms with Crippen molar-refractivity contribution >= 4 is 0 Å². The third-order valence-corrected chi connectivity index (χ3v) is 2.68. The molecule has 0 radical (unpaired) electrons. The Hall–Kier alpha value is -0.950. The highest BCUT2D eigenvalue weighted by Crippen LogP contribution is 2.00. The number of aromatic nitrogens is 1. The van der Waals surface area contributed by atoms with Gasteiger partial charge in [0.05, 0.1) is 38.2 Å². The van der Waals surface area contributed by atoms with E-state index in [1.54, 1.807) is 0 Å². The number of nitrogens with one attached hydrogen (secondary N) is 1. The van der Waals surface area contributed by atoms with E-state index in [1.807, 2.05) is 13.0 Å². The number of hydrogen-bond donors (Lipinski definition) is 2. The van der Waals surface area contributed by atoms with E-state index in [0.29, 0.717) is 32.9 Å². The molecule has 1 atom stereocenters. The molecule has 0 bridgehead atoms. The highest BCUT2D eigenvalue weighted by atomic mass is 16.5. The molecule has 1 unspecified atom stereocenters. The standard InChI is InChI=1S/C14H26N2O4/c1-3-4-5-18-6-7-19-11-13(17)9-15-10-14-8-12(2)16-20-14/h8,13,15,17H,3-7,9-11H2,1-2H3. The first-order chi connectivity index (χ1) is 9.72. The van der Waals surface area contributed by atoms with Crippen molar-refractivity contribution in [2.45, 2.75) is 39.3 Å². The van der Waals surface area contributed by atoms with Gasteiger partial charge in [-0.05, 0) is 13.3 Å². The highest BCUT2D eigenvalue weighted by Gasteiger charge is 2.05. The Kier molecular flexibility index (Phi) is 9.23. The lowest BCUT2D eigenvalue weighted by molar-refractivity contribution is 0.00373. The summed E-state index contributed by atoms with van der Waals surface area (Å²) in [6, 6.07) is 1.86. The van der Waals surface area contributed by atoms with Gasteiger partial charge in [0.25, 0.3) is 0 Å². The molecule has 0 saturated heterocycles. The fourth-order valence-corrected chi connectivity index (χ4v) is 1.61. The average molecular weight is 286 g/mol. The van der Waals surface area contributed by atoms with E-state index in [0.717, 1.165) is 30.9 Å². The number of ether oxygens (including phenoxy) is 2. The first kappa shape index (κ1) is 17.1. The molecule has 0 saturated carbocycles. The number of aryl methyl sites for hydroxylation is 1. The molecule has 1 heterocycles. The monoisotopic (exact) mass is 286 g/mol.